The van der Waals surface area contributed by atoms with Gasteiger partial charge in [0.05, 0.1) is 6.10 Å². The van der Waals surface area contributed by atoms with E-state index in [-0.39, 0.29) is 22.9 Å². The van der Waals surface area contributed by atoms with Crippen molar-refractivity contribution >= 4 is 34.7 Å². The molecule has 1 atom stereocenters. The predicted molar refractivity (Wildman–Crippen MR) is 107 cm³/mol. The maximum Gasteiger partial charge on any atom is 0.257 e. The molecule has 1 unspecified atom stereocenters. The number of hydrogen-bond donors (Lipinski definition) is 2. The van der Waals surface area contributed by atoms with Gasteiger partial charge < -0.3 is 10.1 Å². The van der Waals surface area contributed by atoms with Crippen molar-refractivity contribution in [3.63, 3.8) is 0 Å². The minimum absolute atomic E-state index is 0.0386. The molecule has 0 saturated carbocycles. The molecule has 0 radical (unpaired) electrons. The summed E-state index contributed by atoms with van der Waals surface area (Å²) >= 11 is 5.17. The fraction of sp³-hybridized carbons (Fsp3) is 0.250. The molecule has 136 valence electrons. The summed E-state index contributed by atoms with van der Waals surface area (Å²) in [5.74, 6) is 0.362. The third-order valence-electron chi connectivity index (χ3n) is 3.78. The SMILES string of the molecule is CCC(C)Oc1ccc(C(=O)NC(=S)Nc2cccc(C(C)=O)c2)cc1. The highest BCUT2D eigenvalue weighted by molar-refractivity contribution is 7.80. The number of hydrogen-bond acceptors (Lipinski definition) is 4. The van der Waals surface area contributed by atoms with Crippen molar-refractivity contribution in [2.24, 2.45) is 0 Å². The highest BCUT2D eigenvalue weighted by Crippen LogP contribution is 2.15. The van der Waals surface area contributed by atoms with Crippen LogP contribution in [0.15, 0.2) is 48.5 Å². The Kier molecular flexibility index (Phi) is 6.86. The molecule has 0 heterocycles. The molecule has 0 bridgehead atoms. The second kappa shape index (κ2) is 9.10. The van der Waals surface area contributed by atoms with Crippen LogP contribution in [0.1, 0.15) is 47.9 Å². The van der Waals surface area contributed by atoms with Crippen molar-refractivity contribution in [3.8, 4) is 5.75 Å². The predicted octanol–water partition coefficient (Wildman–Crippen LogP) is 4.19. The molecule has 2 rings (SSSR count). The first-order valence-electron chi connectivity index (χ1n) is 8.39. The van der Waals surface area contributed by atoms with Crippen LogP contribution >= 0.6 is 12.2 Å². The summed E-state index contributed by atoms with van der Waals surface area (Å²) in [7, 11) is 0. The van der Waals surface area contributed by atoms with E-state index >= 15 is 0 Å². The van der Waals surface area contributed by atoms with Gasteiger partial charge in [-0.3, -0.25) is 14.9 Å². The molecule has 0 aliphatic carbocycles. The van der Waals surface area contributed by atoms with E-state index in [0.717, 1.165) is 12.2 Å². The summed E-state index contributed by atoms with van der Waals surface area (Å²) in [5, 5.41) is 5.69. The van der Waals surface area contributed by atoms with E-state index in [1.807, 2.05) is 13.8 Å². The molecular weight excluding hydrogens is 348 g/mol. The highest BCUT2D eigenvalue weighted by atomic mass is 32.1. The van der Waals surface area contributed by atoms with Gasteiger partial charge in [-0.05, 0) is 68.9 Å². The number of carbonyl (C=O) groups excluding carboxylic acids is 2. The maximum absolute atomic E-state index is 12.3. The van der Waals surface area contributed by atoms with E-state index < -0.39 is 0 Å². The Morgan fingerprint density at radius 2 is 1.81 bits per heavy atom. The van der Waals surface area contributed by atoms with E-state index in [9.17, 15) is 9.59 Å². The summed E-state index contributed by atoms with van der Waals surface area (Å²) in [6.45, 7) is 5.53. The number of Topliss-reactive ketones (excluding diaryl/α,β-unsaturated/α-hetero) is 1. The van der Waals surface area contributed by atoms with Gasteiger partial charge in [-0.15, -0.1) is 0 Å². The summed E-state index contributed by atoms with van der Waals surface area (Å²) in [6, 6.07) is 13.8. The quantitative estimate of drug-likeness (QED) is 0.589. The Labute approximate surface area is 158 Å². The van der Waals surface area contributed by atoms with Gasteiger partial charge >= 0.3 is 0 Å². The molecule has 26 heavy (non-hydrogen) atoms. The molecule has 0 aliphatic heterocycles. The highest BCUT2D eigenvalue weighted by Gasteiger charge is 2.09. The minimum atomic E-state index is -0.319. The zero-order chi connectivity index (χ0) is 19.1. The van der Waals surface area contributed by atoms with Crippen LogP contribution in [0.25, 0.3) is 0 Å². The third-order valence-corrected chi connectivity index (χ3v) is 3.99. The number of thiocarbonyl (C=S) groups is 1. The van der Waals surface area contributed by atoms with Crippen molar-refractivity contribution in [2.75, 3.05) is 5.32 Å². The van der Waals surface area contributed by atoms with Gasteiger partial charge in [-0.25, -0.2) is 0 Å². The zero-order valence-corrected chi connectivity index (χ0v) is 15.9. The smallest absolute Gasteiger partial charge is 0.257 e. The van der Waals surface area contributed by atoms with Crippen LogP contribution in [-0.2, 0) is 0 Å². The molecule has 2 N–H and O–H groups in total. The Hall–Kier alpha value is -2.73. The lowest BCUT2D eigenvalue weighted by Crippen LogP contribution is -2.34. The number of ketones is 1. The van der Waals surface area contributed by atoms with E-state index in [4.69, 9.17) is 17.0 Å². The Morgan fingerprint density at radius 1 is 1.12 bits per heavy atom. The Bertz CT molecular complexity index is 803. The van der Waals surface area contributed by atoms with Gasteiger partial charge in [-0.1, -0.05) is 19.1 Å². The molecule has 0 fully saturated rings. The maximum atomic E-state index is 12.3. The van der Waals surface area contributed by atoms with Gasteiger partial charge in [0.25, 0.3) is 5.91 Å². The number of anilines is 1. The lowest BCUT2D eigenvalue weighted by Gasteiger charge is -2.13. The average molecular weight is 370 g/mol. The number of amides is 1. The first-order valence-corrected chi connectivity index (χ1v) is 8.80. The fourth-order valence-corrected chi connectivity index (χ4v) is 2.36. The number of nitrogens with one attached hydrogen (secondary N) is 2. The molecule has 2 aromatic rings. The Balaban J connectivity index is 1.95. The van der Waals surface area contributed by atoms with Crippen molar-refractivity contribution in [2.45, 2.75) is 33.3 Å². The average Bonchev–Trinajstić information content (AvgIpc) is 2.62. The number of benzene rings is 2. The van der Waals surface area contributed by atoms with Crippen LogP contribution in [0.5, 0.6) is 5.75 Å². The fourth-order valence-electron chi connectivity index (χ4n) is 2.15. The van der Waals surface area contributed by atoms with Crippen LogP contribution in [0.3, 0.4) is 0 Å². The second-order valence-corrected chi connectivity index (χ2v) is 6.31. The molecule has 0 saturated heterocycles. The normalized spacial score (nSPS) is 11.3. The Morgan fingerprint density at radius 3 is 2.42 bits per heavy atom. The molecule has 6 heteroatoms. The second-order valence-electron chi connectivity index (χ2n) is 5.91. The lowest BCUT2D eigenvalue weighted by atomic mass is 10.1. The minimum Gasteiger partial charge on any atom is -0.491 e. The third kappa shape index (κ3) is 5.67. The van der Waals surface area contributed by atoms with Crippen LogP contribution in [0.4, 0.5) is 5.69 Å². The van der Waals surface area contributed by atoms with Crippen LogP contribution < -0.4 is 15.4 Å². The number of carbonyl (C=O) groups is 2. The topological polar surface area (TPSA) is 67.4 Å². The van der Waals surface area contributed by atoms with Gasteiger partial charge in [0.15, 0.2) is 10.9 Å². The van der Waals surface area contributed by atoms with E-state index in [0.29, 0.717) is 16.8 Å². The molecule has 0 aliphatic rings. The monoisotopic (exact) mass is 370 g/mol. The zero-order valence-electron chi connectivity index (χ0n) is 15.0. The summed E-state index contributed by atoms with van der Waals surface area (Å²) < 4.78 is 5.69. The number of rotatable bonds is 6. The van der Waals surface area contributed by atoms with Crippen molar-refractivity contribution in [1.29, 1.82) is 0 Å². The lowest BCUT2D eigenvalue weighted by molar-refractivity contribution is 0.0975. The van der Waals surface area contributed by atoms with Gasteiger partial charge in [-0.2, -0.15) is 0 Å². The summed E-state index contributed by atoms with van der Waals surface area (Å²) in [6.07, 6.45) is 1.03. The van der Waals surface area contributed by atoms with E-state index in [2.05, 4.69) is 10.6 Å². The largest absolute Gasteiger partial charge is 0.491 e. The van der Waals surface area contributed by atoms with Crippen molar-refractivity contribution < 1.29 is 14.3 Å². The van der Waals surface area contributed by atoms with E-state index in [1.54, 1.807) is 48.5 Å². The van der Waals surface area contributed by atoms with Crippen molar-refractivity contribution in [1.82, 2.24) is 5.32 Å². The molecule has 0 aromatic heterocycles. The van der Waals surface area contributed by atoms with Gasteiger partial charge in [0.1, 0.15) is 5.75 Å². The standard InChI is InChI=1S/C20H22N2O3S/c1-4-13(2)25-18-10-8-15(9-11-18)19(24)22-20(26)21-17-7-5-6-16(12-17)14(3)23/h5-13H,4H2,1-3H3,(H2,21,22,24,26). The first-order chi connectivity index (χ1) is 12.4. The molecule has 0 spiro atoms. The van der Waals surface area contributed by atoms with Crippen LogP contribution in [0, 0.1) is 0 Å². The van der Waals surface area contributed by atoms with Crippen molar-refractivity contribution in [3.05, 3.63) is 59.7 Å². The van der Waals surface area contributed by atoms with Crippen LogP contribution in [-0.4, -0.2) is 22.9 Å². The molecule has 5 nitrogen and oxygen atoms in total. The summed E-state index contributed by atoms with van der Waals surface area (Å²) in [4.78, 5) is 23.7. The summed E-state index contributed by atoms with van der Waals surface area (Å²) in [5.41, 5.74) is 1.68. The van der Waals surface area contributed by atoms with E-state index in [1.165, 1.54) is 6.92 Å². The molecular formula is C20H22N2O3S. The molecule has 1 amide bonds. The first kappa shape index (κ1) is 19.6. The molecule has 2 aromatic carbocycles. The van der Waals surface area contributed by atoms with Gasteiger partial charge in [0, 0.05) is 16.8 Å². The number of ether oxygens (including phenoxy) is 1. The van der Waals surface area contributed by atoms with Gasteiger partial charge in [0.2, 0.25) is 0 Å². The van der Waals surface area contributed by atoms with Crippen LogP contribution in [0.2, 0.25) is 0 Å².